The van der Waals surface area contributed by atoms with Crippen molar-refractivity contribution in [3.63, 3.8) is 0 Å². The Kier molecular flexibility index (Phi) is 17.5. The number of phosphoric ester groups is 1. The molecule has 0 aliphatic carbocycles. The van der Waals surface area contributed by atoms with Gasteiger partial charge >= 0.3 is 37.7 Å². The first-order valence-corrected chi connectivity index (χ1v) is 19.7. The molecule has 4 rings (SSSR count). The lowest BCUT2D eigenvalue weighted by Gasteiger charge is -2.48. The van der Waals surface area contributed by atoms with Crippen LogP contribution < -0.4 is 5.32 Å². The second kappa shape index (κ2) is 22.0. The summed E-state index contributed by atoms with van der Waals surface area (Å²) in [4.78, 5) is 73.6. The third-order valence-corrected chi connectivity index (χ3v) is 9.74. The normalized spacial score (nSPS) is 26.8. The summed E-state index contributed by atoms with van der Waals surface area (Å²) < 4.78 is 93.0. The van der Waals surface area contributed by atoms with Gasteiger partial charge in [0.15, 0.2) is 30.8 Å². The van der Waals surface area contributed by atoms with Crippen LogP contribution in [0.4, 0.5) is 4.39 Å². The molecule has 2 fully saturated rings. The zero-order valence-electron chi connectivity index (χ0n) is 33.0. The number of hydrogen-bond acceptors (Lipinski definition) is 18. The van der Waals surface area contributed by atoms with Crippen molar-refractivity contribution in [1.29, 1.82) is 0 Å². The Labute approximate surface area is 338 Å². The minimum Gasteiger partial charge on any atom is -0.463 e. The maximum absolute atomic E-state index is 16.9. The molecule has 1 N–H and O–H groups in total. The Balaban J connectivity index is 1.74. The van der Waals surface area contributed by atoms with E-state index in [0.29, 0.717) is 11.1 Å². The van der Waals surface area contributed by atoms with E-state index in [1.165, 1.54) is 0 Å². The van der Waals surface area contributed by atoms with Crippen LogP contribution in [0.1, 0.15) is 52.7 Å². The second-order valence-electron chi connectivity index (χ2n) is 13.3. The van der Waals surface area contributed by atoms with E-state index in [9.17, 15) is 33.3 Å². The fourth-order valence-corrected chi connectivity index (χ4v) is 7.25. The van der Waals surface area contributed by atoms with Crippen LogP contribution in [0, 0.1) is 0 Å². The third-order valence-electron chi connectivity index (χ3n) is 8.39. The quantitative estimate of drug-likeness (QED) is 0.129. The fourth-order valence-electron chi connectivity index (χ4n) is 6.02. The number of hydrogen-bond donors (Lipinski definition) is 1. The molecule has 324 valence electrons. The Morgan fingerprint density at radius 1 is 0.610 bits per heavy atom. The number of phosphoric acid groups is 1. The summed E-state index contributed by atoms with van der Waals surface area (Å²) in [5.74, 6) is -5.14. The smallest absolute Gasteiger partial charge is 0.463 e. The molecular weight excluding hydrogens is 808 g/mol. The van der Waals surface area contributed by atoms with Crippen LogP contribution in [0.5, 0.6) is 0 Å². The van der Waals surface area contributed by atoms with Gasteiger partial charge in [0.25, 0.3) is 0 Å². The van der Waals surface area contributed by atoms with Crippen molar-refractivity contribution in [1.82, 2.24) is 5.32 Å². The first-order valence-electron chi connectivity index (χ1n) is 18.3. The second-order valence-corrected chi connectivity index (χ2v) is 14.9. The van der Waals surface area contributed by atoms with Crippen molar-refractivity contribution in [2.45, 2.75) is 116 Å². The van der Waals surface area contributed by atoms with Crippen molar-refractivity contribution in [2.75, 3.05) is 13.2 Å². The Hall–Kier alpha value is -4.82. The van der Waals surface area contributed by atoms with Crippen LogP contribution in [0.25, 0.3) is 0 Å². The van der Waals surface area contributed by atoms with E-state index >= 15 is 4.39 Å². The zero-order valence-corrected chi connectivity index (χ0v) is 33.9. The number of ether oxygens (including phenoxy) is 8. The van der Waals surface area contributed by atoms with Crippen molar-refractivity contribution in [3.05, 3.63) is 71.8 Å². The van der Waals surface area contributed by atoms with Gasteiger partial charge in [-0.3, -0.25) is 42.3 Å². The first kappa shape index (κ1) is 46.9. The number of alkyl halides is 1. The first-order chi connectivity index (χ1) is 27.9. The lowest BCUT2D eigenvalue weighted by Crippen LogP contribution is -2.69. The summed E-state index contributed by atoms with van der Waals surface area (Å²) in [5.41, 5.74) is 1.10. The van der Waals surface area contributed by atoms with Gasteiger partial charge < -0.3 is 43.2 Å². The monoisotopic (exact) mass is 855 g/mol. The van der Waals surface area contributed by atoms with Crippen molar-refractivity contribution in [2.24, 2.45) is 0 Å². The molecular formula is C38H47FNO18P. The van der Waals surface area contributed by atoms with Gasteiger partial charge in [0.1, 0.15) is 37.6 Å². The van der Waals surface area contributed by atoms with Gasteiger partial charge in [0, 0.05) is 41.5 Å². The molecule has 0 aromatic heterocycles. The van der Waals surface area contributed by atoms with Gasteiger partial charge in [-0.1, -0.05) is 60.7 Å². The van der Waals surface area contributed by atoms with Crippen molar-refractivity contribution >= 4 is 43.6 Å². The van der Waals surface area contributed by atoms with Crippen LogP contribution in [0.3, 0.4) is 0 Å². The van der Waals surface area contributed by atoms with E-state index < -0.39 is 118 Å². The third kappa shape index (κ3) is 14.5. The number of rotatable bonds is 18. The molecule has 0 unspecified atom stereocenters. The molecule has 10 atom stereocenters. The molecule has 0 spiro atoms. The number of carbonyl (C=O) groups is 6. The number of halogens is 1. The largest absolute Gasteiger partial charge is 0.477 e. The number of benzene rings is 2. The molecule has 2 aromatic carbocycles. The highest BCUT2D eigenvalue weighted by atomic mass is 31.2. The minimum atomic E-state index is -4.78. The summed E-state index contributed by atoms with van der Waals surface area (Å²) in [7, 11) is -4.78. The summed E-state index contributed by atoms with van der Waals surface area (Å²) in [6, 6.07) is 15.4. The highest BCUT2D eigenvalue weighted by Gasteiger charge is 2.57. The van der Waals surface area contributed by atoms with E-state index in [1.54, 1.807) is 60.7 Å². The molecule has 2 aliphatic heterocycles. The van der Waals surface area contributed by atoms with E-state index in [-0.39, 0.29) is 13.2 Å². The highest BCUT2D eigenvalue weighted by Crippen LogP contribution is 2.54. The van der Waals surface area contributed by atoms with E-state index in [2.05, 4.69) is 5.32 Å². The molecule has 2 aromatic rings. The van der Waals surface area contributed by atoms with Crippen LogP contribution >= 0.6 is 7.82 Å². The standard InChI is InChI=1S/C38H47FNO18P/c1-21(41)40-32-36(54-26(6)46)34(52-24(4)44)30(20-49-23(3)43)56-38(32)57-33-29(19-48-22(2)42)55-37(31(39)35(33)53-25(5)45)58-59(47,50-17-27-13-9-7-10-14-27)51-18-28-15-11-8-12-16-28/h7-16,29-38H,17-20H2,1-6H3,(H,40,41)/t29-,30-,31-,32-,33-,34-,35-,36-,37+,38+/m1/s1. The summed E-state index contributed by atoms with van der Waals surface area (Å²) >= 11 is 0. The number of carbonyl (C=O) groups excluding carboxylic acids is 6. The van der Waals surface area contributed by atoms with Gasteiger partial charge in [-0.25, -0.2) is 8.96 Å². The molecule has 2 saturated heterocycles. The van der Waals surface area contributed by atoms with E-state index in [4.69, 9.17) is 51.5 Å². The van der Waals surface area contributed by atoms with Gasteiger partial charge in [-0.15, -0.1) is 0 Å². The maximum Gasteiger partial charge on any atom is 0.477 e. The lowest BCUT2D eigenvalue weighted by molar-refractivity contribution is -0.334. The number of amides is 1. The zero-order chi connectivity index (χ0) is 43.3. The average molecular weight is 856 g/mol. The van der Waals surface area contributed by atoms with Crippen LogP contribution in [0.15, 0.2) is 60.7 Å². The molecule has 0 saturated carbocycles. The summed E-state index contributed by atoms with van der Waals surface area (Å²) in [5, 5.41) is 2.50. The fraction of sp³-hybridized carbons (Fsp3) is 0.526. The van der Waals surface area contributed by atoms with Gasteiger partial charge in [0.2, 0.25) is 12.2 Å². The van der Waals surface area contributed by atoms with Crippen LogP contribution in [-0.2, 0) is 98.0 Å². The summed E-state index contributed by atoms with van der Waals surface area (Å²) in [6.45, 7) is 4.32. The van der Waals surface area contributed by atoms with E-state index in [0.717, 1.165) is 41.5 Å². The number of esters is 5. The Morgan fingerprint density at radius 3 is 1.51 bits per heavy atom. The molecule has 59 heavy (non-hydrogen) atoms. The molecule has 2 heterocycles. The SMILES string of the molecule is CC(=O)N[C@H]1[C@H](O[C@H]2[C@H](OC(C)=O)[C@@H](F)[C@H](OP(=O)(OCc3ccccc3)OCc3ccccc3)O[C@@H]2COC(C)=O)O[C@H](COC(C)=O)[C@@H](OC(C)=O)[C@@H]1OC(C)=O. The van der Waals surface area contributed by atoms with Crippen LogP contribution in [0.2, 0.25) is 0 Å². The molecule has 1 amide bonds. The molecule has 19 nitrogen and oxygen atoms in total. The topological polar surface area (TPSA) is 233 Å². The maximum atomic E-state index is 16.9. The Bertz CT molecular complexity index is 1760. The molecule has 0 bridgehead atoms. The predicted octanol–water partition coefficient (Wildman–Crippen LogP) is 3.14. The van der Waals surface area contributed by atoms with Crippen LogP contribution in [-0.4, -0.2) is 110 Å². The predicted molar refractivity (Wildman–Crippen MR) is 196 cm³/mol. The van der Waals surface area contributed by atoms with E-state index in [1.807, 2.05) is 0 Å². The van der Waals surface area contributed by atoms with Gasteiger partial charge in [-0.05, 0) is 11.1 Å². The average Bonchev–Trinajstić information content (AvgIpc) is 3.16. The van der Waals surface area contributed by atoms with Crippen molar-refractivity contribution < 1.29 is 89.2 Å². The Morgan fingerprint density at radius 2 is 1.05 bits per heavy atom. The van der Waals surface area contributed by atoms with Gasteiger partial charge in [0.05, 0.1) is 13.2 Å². The number of nitrogens with one attached hydrogen (secondary N) is 1. The molecule has 2 aliphatic rings. The highest BCUT2D eigenvalue weighted by molar-refractivity contribution is 7.48. The van der Waals surface area contributed by atoms with Gasteiger partial charge in [-0.2, -0.15) is 0 Å². The summed E-state index contributed by atoms with van der Waals surface area (Å²) in [6.07, 6.45) is -16.6. The van der Waals surface area contributed by atoms with Crippen molar-refractivity contribution in [3.8, 4) is 0 Å². The minimum absolute atomic E-state index is 0.317. The molecule has 0 radical (unpaired) electrons. The molecule has 21 heteroatoms. The lowest BCUT2D eigenvalue weighted by atomic mass is 9.95.